The molecule has 0 heterocycles. The van der Waals surface area contributed by atoms with Crippen molar-refractivity contribution in [1.82, 2.24) is 0 Å². The van der Waals surface area contributed by atoms with Crippen molar-refractivity contribution in [2.45, 2.75) is 40.7 Å². The Kier molecular flexibility index (Phi) is 4.16. The Balaban J connectivity index is 2.87. The van der Waals surface area contributed by atoms with E-state index in [4.69, 9.17) is 4.74 Å². The van der Waals surface area contributed by atoms with Gasteiger partial charge in [-0.1, -0.05) is 32.9 Å². The van der Waals surface area contributed by atoms with Crippen molar-refractivity contribution in [1.29, 1.82) is 0 Å². The zero-order valence-corrected chi connectivity index (χ0v) is 11.2. The Hall–Kier alpha value is -1.51. The molecule has 3 nitrogen and oxygen atoms in total. The lowest BCUT2D eigenvalue weighted by molar-refractivity contribution is -0.123. The first-order valence-electron chi connectivity index (χ1n) is 5.88. The molecule has 1 aromatic rings. The van der Waals surface area contributed by atoms with Gasteiger partial charge in [-0.15, -0.1) is 0 Å². The molecule has 0 radical (unpaired) electrons. The molecule has 3 heteroatoms. The Labute approximate surface area is 103 Å². The number of anilines is 1. The van der Waals surface area contributed by atoms with E-state index >= 15 is 0 Å². The third kappa shape index (κ3) is 4.10. The highest BCUT2D eigenvalue weighted by molar-refractivity contribution is 5.95. The van der Waals surface area contributed by atoms with Crippen molar-refractivity contribution in [3.05, 3.63) is 24.3 Å². The van der Waals surface area contributed by atoms with Crippen molar-refractivity contribution in [2.75, 3.05) is 5.32 Å². The van der Waals surface area contributed by atoms with Crippen LogP contribution in [-0.2, 0) is 4.79 Å². The number of benzene rings is 1. The average Bonchev–Trinajstić information content (AvgIpc) is 2.18. The van der Waals surface area contributed by atoms with Crippen LogP contribution in [0.1, 0.15) is 34.6 Å². The minimum Gasteiger partial charge on any atom is -0.489 e. The van der Waals surface area contributed by atoms with Crippen LogP contribution in [0.2, 0.25) is 0 Å². The number of rotatable bonds is 3. The van der Waals surface area contributed by atoms with Gasteiger partial charge < -0.3 is 10.1 Å². The van der Waals surface area contributed by atoms with Gasteiger partial charge in [0.15, 0.2) is 0 Å². The van der Waals surface area contributed by atoms with E-state index in [0.29, 0.717) is 5.75 Å². The maximum absolute atomic E-state index is 11.9. The molecule has 0 atom stereocenters. The molecule has 0 bridgehead atoms. The zero-order valence-electron chi connectivity index (χ0n) is 11.2. The fourth-order valence-corrected chi connectivity index (χ4v) is 1.24. The molecule has 1 rings (SSSR count). The Morgan fingerprint density at radius 2 is 1.82 bits per heavy atom. The summed E-state index contributed by atoms with van der Waals surface area (Å²) in [6.07, 6.45) is 0.0858. The first-order valence-corrected chi connectivity index (χ1v) is 5.88. The molecule has 0 aromatic heterocycles. The summed E-state index contributed by atoms with van der Waals surface area (Å²) in [5.41, 5.74) is 0.312. The van der Waals surface area contributed by atoms with E-state index in [-0.39, 0.29) is 12.0 Å². The molecule has 1 N–H and O–H groups in total. The Morgan fingerprint density at radius 1 is 1.24 bits per heavy atom. The molecular weight excluding hydrogens is 214 g/mol. The van der Waals surface area contributed by atoms with E-state index in [0.717, 1.165) is 5.69 Å². The predicted octanol–water partition coefficient (Wildman–Crippen LogP) is 3.46. The highest BCUT2D eigenvalue weighted by Gasteiger charge is 2.22. The van der Waals surface area contributed by atoms with E-state index in [1.165, 1.54) is 0 Å². The summed E-state index contributed by atoms with van der Waals surface area (Å²) in [6, 6.07) is 7.48. The van der Waals surface area contributed by atoms with Gasteiger partial charge in [0.05, 0.1) is 11.8 Å². The lowest BCUT2D eigenvalue weighted by atomic mass is 9.95. The second kappa shape index (κ2) is 5.21. The van der Waals surface area contributed by atoms with Gasteiger partial charge in [-0.05, 0) is 26.0 Å². The summed E-state index contributed by atoms with van der Waals surface area (Å²) < 4.78 is 5.64. The van der Waals surface area contributed by atoms with Crippen LogP contribution in [0, 0.1) is 5.41 Å². The van der Waals surface area contributed by atoms with Crippen molar-refractivity contribution in [2.24, 2.45) is 5.41 Å². The van der Waals surface area contributed by atoms with Crippen molar-refractivity contribution in [3.63, 3.8) is 0 Å². The fraction of sp³-hybridized carbons (Fsp3) is 0.500. The summed E-state index contributed by atoms with van der Waals surface area (Å²) in [5.74, 6) is 0.692. The van der Waals surface area contributed by atoms with E-state index in [9.17, 15) is 4.79 Å². The molecular formula is C14H21NO2. The molecule has 0 aliphatic rings. The first-order chi connectivity index (χ1) is 7.80. The lowest BCUT2D eigenvalue weighted by Gasteiger charge is -2.20. The summed E-state index contributed by atoms with van der Waals surface area (Å²) in [5, 5.41) is 2.89. The summed E-state index contributed by atoms with van der Waals surface area (Å²) >= 11 is 0. The van der Waals surface area contributed by atoms with Crippen LogP contribution in [0.15, 0.2) is 24.3 Å². The van der Waals surface area contributed by atoms with E-state index in [1.807, 2.05) is 58.9 Å². The van der Waals surface area contributed by atoms with Gasteiger partial charge in [-0.25, -0.2) is 0 Å². The van der Waals surface area contributed by atoms with E-state index < -0.39 is 5.41 Å². The molecule has 0 unspecified atom stereocenters. The molecule has 0 saturated heterocycles. The molecule has 1 amide bonds. The molecule has 94 valence electrons. The van der Waals surface area contributed by atoms with Crippen LogP contribution in [0.3, 0.4) is 0 Å². The average molecular weight is 235 g/mol. The predicted molar refractivity (Wildman–Crippen MR) is 70.3 cm³/mol. The van der Waals surface area contributed by atoms with Crippen LogP contribution in [-0.4, -0.2) is 12.0 Å². The van der Waals surface area contributed by atoms with Crippen molar-refractivity contribution < 1.29 is 9.53 Å². The molecule has 17 heavy (non-hydrogen) atoms. The molecule has 0 aliphatic carbocycles. The second-order valence-electron chi connectivity index (χ2n) is 5.37. The maximum Gasteiger partial charge on any atom is 0.229 e. The van der Waals surface area contributed by atoms with Gasteiger partial charge in [0.25, 0.3) is 0 Å². The number of hydrogen-bond donors (Lipinski definition) is 1. The summed E-state index contributed by atoms with van der Waals surface area (Å²) in [4.78, 5) is 11.9. The topological polar surface area (TPSA) is 38.3 Å². The summed E-state index contributed by atoms with van der Waals surface area (Å²) in [6.45, 7) is 9.57. The highest BCUT2D eigenvalue weighted by atomic mass is 16.5. The van der Waals surface area contributed by atoms with E-state index in [1.54, 1.807) is 0 Å². The SMILES string of the molecule is CC(C)Oc1ccccc1NC(=O)C(C)(C)C. The van der Waals surface area contributed by atoms with Gasteiger partial charge in [-0.2, -0.15) is 0 Å². The normalized spacial score (nSPS) is 11.4. The van der Waals surface area contributed by atoms with Crippen LogP contribution in [0.25, 0.3) is 0 Å². The monoisotopic (exact) mass is 235 g/mol. The van der Waals surface area contributed by atoms with Gasteiger partial charge in [0.2, 0.25) is 5.91 Å². The number of para-hydroxylation sites is 2. The Morgan fingerprint density at radius 3 is 2.35 bits per heavy atom. The quantitative estimate of drug-likeness (QED) is 0.871. The van der Waals surface area contributed by atoms with Crippen LogP contribution in [0.4, 0.5) is 5.69 Å². The van der Waals surface area contributed by atoms with Gasteiger partial charge in [0.1, 0.15) is 5.75 Å². The van der Waals surface area contributed by atoms with Gasteiger partial charge in [-0.3, -0.25) is 4.79 Å². The second-order valence-corrected chi connectivity index (χ2v) is 5.37. The van der Waals surface area contributed by atoms with Gasteiger partial charge in [0, 0.05) is 5.41 Å². The smallest absolute Gasteiger partial charge is 0.229 e. The highest BCUT2D eigenvalue weighted by Crippen LogP contribution is 2.27. The number of nitrogens with one attached hydrogen (secondary N) is 1. The minimum atomic E-state index is -0.412. The molecule has 0 aliphatic heterocycles. The zero-order chi connectivity index (χ0) is 13.1. The molecule has 0 spiro atoms. The lowest BCUT2D eigenvalue weighted by Crippen LogP contribution is -2.28. The van der Waals surface area contributed by atoms with Crippen molar-refractivity contribution >= 4 is 11.6 Å². The number of carbonyl (C=O) groups excluding carboxylic acids is 1. The minimum absolute atomic E-state index is 0.0164. The number of ether oxygens (including phenoxy) is 1. The third-order valence-corrected chi connectivity index (χ3v) is 2.18. The van der Waals surface area contributed by atoms with Crippen molar-refractivity contribution in [3.8, 4) is 5.75 Å². The standard InChI is InChI=1S/C14H21NO2/c1-10(2)17-12-9-7-6-8-11(12)15-13(16)14(3,4)5/h6-10H,1-5H3,(H,15,16). The maximum atomic E-state index is 11.9. The van der Waals surface area contributed by atoms with E-state index in [2.05, 4.69) is 5.32 Å². The summed E-state index contributed by atoms with van der Waals surface area (Å²) in [7, 11) is 0. The Bertz CT molecular complexity index is 391. The van der Waals surface area contributed by atoms with Gasteiger partial charge >= 0.3 is 0 Å². The molecule has 0 fully saturated rings. The molecule has 0 saturated carbocycles. The number of hydrogen-bond acceptors (Lipinski definition) is 2. The van der Waals surface area contributed by atoms with Crippen LogP contribution in [0.5, 0.6) is 5.75 Å². The molecule has 1 aromatic carbocycles. The number of carbonyl (C=O) groups is 1. The number of amides is 1. The third-order valence-electron chi connectivity index (χ3n) is 2.18. The fourth-order valence-electron chi connectivity index (χ4n) is 1.24. The van der Waals surface area contributed by atoms with Crippen LogP contribution < -0.4 is 10.1 Å². The van der Waals surface area contributed by atoms with Crippen LogP contribution >= 0.6 is 0 Å². The first kappa shape index (κ1) is 13.6. The largest absolute Gasteiger partial charge is 0.489 e.